The average molecular weight is 448 g/mol. The van der Waals surface area contributed by atoms with Gasteiger partial charge in [-0.2, -0.15) is 0 Å². The first-order valence-corrected chi connectivity index (χ1v) is 12.0. The number of aryl methyl sites for hydroxylation is 1. The molecule has 6 aromatic rings. The maximum Gasteiger partial charge on any atom is 0.0708 e. The zero-order chi connectivity index (χ0) is 23.6. The lowest BCUT2D eigenvalue weighted by atomic mass is 9.98. The summed E-state index contributed by atoms with van der Waals surface area (Å²) in [6, 6.07) is 45.4. The Morgan fingerprint density at radius 1 is 0.400 bits per heavy atom. The number of hydrogen-bond donors (Lipinski definition) is 0. The molecule has 0 amide bonds. The first kappa shape index (κ1) is 21.1. The third-order valence-corrected chi connectivity index (χ3v) is 6.61. The van der Waals surface area contributed by atoms with Gasteiger partial charge in [-0.3, -0.25) is 4.98 Å². The second-order valence-electron chi connectivity index (χ2n) is 9.02. The fourth-order valence-corrected chi connectivity index (χ4v) is 4.55. The molecule has 6 rings (SSSR count). The Morgan fingerprint density at radius 3 is 1.46 bits per heavy atom. The van der Waals surface area contributed by atoms with E-state index < -0.39 is 0 Å². The number of aromatic nitrogens is 1. The maximum atomic E-state index is 4.80. The van der Waals surface area contributed by atoms with Crippen LogP contribution in [0.1, 0.15) is 5.56 Å². The van der Waals surface area contributed by atoms with Gasteiger partial charge < -0.3 is 0 Å². The molecule has 0 fully saturated rings. The largest absolute Gasteiger partial charge is 0.256 e. The molecule has 166 valence electrons. The molecular formula is C34H25N. The molecule has 5 aromatic carbocycles. The van der Waals surface area contributed by atoms with Crippen molar-refractivity contribution >= 4 is 10.9 Å². The van der Waals surface area contributed by atoms with E-state index in [1.165, 1.54) is 44.5 Å². The van der Waals surface area contributed by atoms with E-state index in [9.17, 15) is 0 Å². The van der Waals surface area contributed by atoms with E-state index in [2.05, 4.69) is 128 Å². The highest BCUT2D eigenvalue weighted by atomic mass is 14.6. The lowest BCUT2D eigenvalue weighted by Crippen LogP contribution is -1.86. The van der Waals surface area contributed by atoms with Crippen LogP contribution in [-0.4, -0.2) is 4.98 Å². The number of benzene rings is 5. The van der Waals surface area contributed by atoms with Crippen molar-refractivity contribution < 1.29 is 0 Å². The molecule has 0 saturated carbocycles. The Morgan fingerprint density at radius 2 is 0.857 bits per heavy atom. The minimum atomic E-state index is 1.01. The minimum absolute atomic E-state index is 1.01. The van der Waals surface area contributed by atoms with Crippen LogP contribution in [0.15, 0.2) is 134 Å². The molecule has 0 radical (unpaired) electrons. The maximum absolute atomic E-state index is 4.80. The molecule has 0 aliphatic rings. The van der Waals surface area contributed by atoms with Crippen LogP contribution in [0.4, 0.5) is 0 Å². The number of hydrogen-bond acceptors (Lipinski definition) is 1. The molecule has 1 heterocycles. The minimum Gasteiger partial charge on any atom is -0.256 e. The van der Waals surface area contributed by atoms with Crippen LogP contribution in [0, 0.1) is 6.92 Å². The fraction of sp³-hybridized carbons (Fsp3) is 0.0294. The van der Waals surface area contributed by atoms with Gasteiger partial charge in [0.2, 0.25) is 0 Å². The van der Waals surface area contributed by atoms with Gasteiger partial charge in [0.15, 0.2) is 0 Å². The summed E-state index contributed by atoms with van der Waals surface area (Å²) in [5.74, 6) is 0. The van der Waals surface area contributed by atoms with E-state index >= 15 is 0 Å². The topological polar surface area (TPSA) is 12.9 Å². The molecule has 1 nitrogen and oxygen atoms in total. The molecular weight excluding hydrogens is 422 g/mol. The van der Waals surface area contributed by atoms with E-state index in [0.717, 1.165) is 16.5 Å². The summed E-state index contributed by atoms with van der Waals surface area (Å²) in [7, 11) is 0. The number of pyridine rings is 1. The molecule has 0 N–H and O–H groups in total. The van der Waals surface area contributed by atoms with Gasteiger partial charge in [-0.1, -0.05) is 121 Å². The van der Waals surface area contributed by atoms with Crippen molar-refractivity contribution in [1.29, 1.82) is 0 Å². The van der Waals surface area contributed by atoms with Crippen LogP contribution >= 0.6 is 0 Å². The summed E-state index contributed by atoms with van der Waals surface area (Å²) in [4.78, 5) is 4.80. The van der Waals surface area contributed by atoms with Gasteiger partial charge in [-0.25, -0.2) is 0 Å². The zero-order valence-electron chi connectivity index (χ0n) is 19.6. The van der Waals surface area contributed by atoms with Crippen LogP contribution < -0.4 is 0 Å². The van der Waals surface area contributed by atoms with Crippen LogP contribution in [0.3, 0.4) is 0 Å². The predicted molar refractivity (Wildman–Crippen MR) is 148 cm³/mol. The lowest BCUT2D eigenvalue weighted by Gasteiger charge is -2.08. The van der Waals surface area contributed by atoms with Crippen molar-refractivity contribution in [3.8, 4) is 44.5 Å². The molecule has 1 heteroatoms. The number of fused-ring (bicyclic) bond motifs is 1. The second kappa shape index (κ2) is 9.04. The van der Waals surface area contributed by atoms with Gasteiger partial charge in [-0.05, 0) is 58.0 Å². The Labute approximate surface area is 206 Å². The second-order valence-corrected chi connectivity index (χ2v) is 9.02. The Kier molecular flexibility index (Phi) is 5.44. The Hall–Kier alpha value is -4.49. The third kappa shape index (κ3) is 4.37. The van der Waals surface area contributed by atoms with Crippen molar-refractivity contribution in [2.45, 2.75) is 6.92 Å². The zero-order valence-corrected chi connectivity index (χ0v) is 19.6. The molecule has 0 aliphatic heterocycles. The van der Waals surface area contributed by atoms with Gasteiger partial charge in [0, 0.05) is 17.1 Å². The number of nitrogens with zero attached hydrogens (tertiary/aromatic N) is 1. The Bertz CT molecular complexity index is 1600. The van der Waals surface area contributed by atoms with Crippen molar-refractivity contribution in [2.75, 3.05) is 0 Å². The van der Waals surface area contributed by atoms with E-state index in [1.807, 2.05) is 12.3 Å². The molecule has 0 atom stereocenters. The highest BCUT2D eigenvalue weighted by molar-refractivity contribution is 5.88. The van der Waals surface area contributed by atoms with Crippen LogP contribution in [-0.2, 0) is 0 Å². The van der Waals surface area contributed by atoms with Crippen molar-refractivity contribution in [3.63, 3.8) is 0 Å². The molecule has 0 unspecified atom stereocenters. The predicted octanol–water partition coefficient (Wildman–Crippen LogP) is 9.21. The molecule has 35 heavy (non-hydrogen) atoms. The average Bonchev–Trinajstić information content (AvgIpc) is 2.94. The van der Waals surface area contributed by atoms with E-state index in [1.54, 1.807) is 0 Å². The molecule has 0 saturated heterocycles. The molecule has 0 bridgehead atoms. The quantitative estimate of drug-likeness (QED) is 0.262. The van der Waals surface area contributed by atoms with Gasteiger partial charge in [-0.15, -0.1) is 0 Å². The monoisotopic (exact) mass is 447 g/mol. The van der Waals surface area contributed by atoms with Gasteiger partial charge in [0.25, 0.3) is 0 Å². The number of rotatable bonds is 4. The van der Waals surface area contributed by atoms with Crippen LogP contribution in [0.25, 0.3) is 55.4 Å². The van der Waals surface area contributed by atoms with Crippen molar-refractivity contribution in [1.82, 2.24) is 4.98 Å². The van der Waals surface area contributed by atoms with Crippen LogP contribution in [0.5, 0.6) is 0 Å². The lowest BCUT2D eigenvalue weighted by molar-refractivity contribution is 1.41. The Balaban J connectivity index is 1.26. The summed E-state index contributed by atoms with van der Waals surface area (Å²) >= 11 is 0. The first-order chi connectivity index (χ1) is 17.2. The van der Waals surface area contributed by atoms with E-state index in [4.69, 9.17) is 4.98 Å². The first-order valence-electron chi connectivity index (χ1n) is 12.0. The standard InChI is InChI=1S/C34H25N/c1-24-7-9-26(10-8-24)28-13-17-30(18-14-28)33-21-32-20-19-31(22-34(32)35-23-33)29-15-11-27(12-16-29)25-5-3-2-4-6-25/h2-23H,1H3. The normalized spacial score (nSPS) is 11.0. The third-order valence-electron chi connectivity index (χ3n) is 6.61. The molecule has 0 aliphatic carbocycles. The highest BCUT2D eigenvalue weighted by Crippen LogP contribution is 2.30. The highest BCUT2D eigenvalue weighted by Gasteiger charge is 2.06. The van der Waals surface area contributed by atoms with Crippen LogP contribution in [0.2, 0.25) is 0 Å². The van der Waals surface area contributed by atoms with E-state index in [-0.39, 0.29) is 0 Å². The SMILES string of the molecule is Cc1ccc(-c2ccc(-c3cnc4cc(-c5ccc(-c6ccccc6)cc5)ccc4c3)cc2)cc1. The van der Waals surface area contributed by atoms with Gasteiger partial charge in [0.05, 0.1) is 5.52 Å². The van der Waals surface area contributed by atoms with Gasteiger partial charge in [0.1, 0.15) is 0 Å². The summed E-state index contributed by atoms with van der Waals surface area (Å²) < 4.78 is 0. The summed E-state index contributed by atoms with van der Waals surface area (Å²) in [6.45, 7) is 2.12. The fourth-order valence-electron chi connectivity index (χ4n) is 4.55. The molecule has 0 spiro atoms. The van der Waals surface area contributed by atoms with Gasteiger partial charge >= 0.3 is 0 Å². The van der Waals surface area contributed by atoms with Crippen molar-refractivity contribution in [2.24, 2.45) is 0 Å². The molecule has 1 aromatic heterocycles. The summed E-state index contributed by atoms with van der Waals surface area (Å²) in [5.41, 5.74) is 11.9. The van der Waals surface area contributed by atoms with Crippen molar-refractivity contribution in [3.05, 3.63) is 139 Å². The summed E-state index contributed by atoms with van der Waals surface area (Å²) in [6.07, 6.45) is 1.98. The smallest absolute Gasteiger partial charge is 0.0708 e. The summed E-state index contributed by atoms with van der Waals surface area (Å²) in [5, 5.41) is 1.15. The van der Waals surface area contributed by atoms with E-state index in [0.29, 0.717) is 0 Å².